The summed E-state index contributed by atoms with van der Waals surface area (Å²) < 4.78 is 0. The lowest BCUT2D eigenvalue weighted by Gasteiger charge is -1.90. The molecule has 0 saturated heterocycles. The van der Waals surface area contributed by atoms with E-state index in [1.807, 2.05) is 0 Å². The molecule has 0 N–H and O–H groups in total. The molecule has 11 heavy (non-hydrogen) atoms. The number of carbonyl (C=O) groups is 1. The largest absolute Gasteiger partial charge is 0.303 e. The van der Waals surface area contributed by atoms with Crippen LogP contribution in [0.1, 0.15) is 45.4 Å². The molecule has 0 radical (unpaired) electrons. The minimum absolute atomic E-state index is 0.724. The zero-order chi connectivity index (χ0) is 8.36. The molecule has 0 aromatic heterocycles. The first kappa shape index (κ1) is 10.4. The molecular formula is C10H18O. The molecule has 1 heteroatoms. The van der Waals surface area contributed by atoms with Crippen molar-refractivity contribution in [2.24, 2.45) is 0 Å². The Morgan fingerprint density at radius 2 is 1.64 bits per heavy atom. The van der Waals surface area contributed by atoms with Gasteiger partial charge in [0.25, 0.3) is 0 Å². The van der Waals surface area contributed by atoms with Gasteiger partial charge in [0, 0.05) is 6.42 Å². The fourth-order valence-corrected chi connectivity index (χ4v) is 0.892. The fraction of sp³-hybridized carbons (Fsp3) is 0.700. The second-order valence-corrected chi connectivity index (χ2v) is 2.71. The van der Waals surface area contributed by atoms with Crippen molar-refractivity contribution in [2.45, 2.75) is 45.4 Å². The lowest BCUT2D eigenvalue weighted by Crippen LogP contribution is -1.75. The first-order chi connectivity index (χ1) is 5.41. The van der Waals surface area contributed by atoms with E-state index < -0.39 is 0 Å². The van der Waals surface area contributed by atoms with Gasteiger partial charge in [0.1, 0.15) is 6.29 Å². The minimum Gasteiger partial charge on any atom is -0.303 e. The van der Waals surface area contributed by atoms with Crippen molar-refractivity contribution in [1.82, 2.24) is 0 Å². The molecule has 0 atom stereocenters. The topological polar surface area (TPSA) is 17.1 Å². The maximum absolute atomic E-state index is 9.92. The van der Waals surface area contributed by atoms with E-state index in [2.05, 4.69) is 19.1 Å². The van der Waals surface area contributed by atoms with Crippen LogP contribution in [0.5, 0.6) is 0 Å². The summed E-state index contributed by atoms with van der Waals surface area (Å²) >= 11 is 0. The van der Waals surface area contributed by atoms with Crippen molar-refractivity contribution in [3.8, 4) is 0 Å². The number of unbranched alkanes of at least 4 members (excludes halogenated alkanes) is 4. The van der Waals surface area contributed by atoms with Crippen LogP contribution in [0.15, 0.2) is 12.2 Å². The van der Waals surface area contributed by atoms with Gasteiger partial charge in [0.2, 0.25) is 0 Å². The second kappa shape index (κ2) is 9.41. The van der Waals surface area contributed by atoms with E-state index >= 15 is 0 Å². The predicted molar refractivity (Wildman–Crippen MR) is 48.6 cm³/mol. The molecule has 0 bridgehead atoms. The standard InChI is InChI=1S/C10H18O/c1-2-3-4-5-6-7-8-9-10-11/h4-5,10H,2-3,6-9H2,1H3/b5-4+. The van der Waals surface area contributed by atoms with Gasteiger partial charge in [-0.1, -0.05) is 25.5 Å². The van der Waals surface area contributed by atoms with Crippen LogP contribution in [0.2, 0.25) is 0 Å². The number of hydrogen-bond acceptors (Lipinski definition) is 1. The van der Waals surface area contributed by atoms with E-state index in [0.717, 1.165) is 32.0 Å². The molecule has 0 aliphatic carbocycles. The third-order valence-electron chi connectivity index (χ3n) is 1.56. The van der Waals surface area contributed by atoms with Crippen LogP contribution in [-0.4, -0.2) is 6.29 Å². The smallest absolute Gasteiger partial charge is 0.119 e. The Morgan fingerprint density at radius 3 is 2.27 bits per heavy atom. The van der Waals surface area contributed by atoms with E-state index in [1.165, 1.54) is 12.8 Å². The monoisotopic (exact) mass is 154 g/mol. The molecule has 0 aliphatic heterocycles. The zero-order valence-corrected chi connectivity index (χ0v) is 7.38. The molecule has 64 valence electrons. The summed E-state index contributed by atoms with van der Waals surface area (Å²) in [7, 11) is 0. The van der Waals surface area contributed by atoms with Crippen molar-refractivity contribution in [1.29, 1.82) is 0 Å². The average molecular weight is 154 g/mol. The Bertz CT molecular complexity index is 105. The molecular weight excluding hydrogens is 136 g/mol. The molecule has 0 rings (SSSR count). The van der Waals surface area contributed by atoms with Crippen molar-refractivity contribution in [2.75, 3.05) is 0 Å². The predicted octanol–water partition coefficient (Wildman–Crippen LogP) is 3.10. The molecule has 0 spiro atoms. The van der Waals surface area contributed by atoms with Crippen LogP contribution in [0.4, 0.5) is 0 Å². The Kier molecular flexibility index (Phi) is 8.91. The molecule has 0 saturated carbocycles. The average Bonchev–Trinajstić information content (AvgIpc) is 2.03. The highest BCUT2D eigenvalue weighted by Crippen LogP contribution is 1.99. The summed E-state index contributed by atoms with van der Waals surface area (Å²) in [5.41, 5.74) is 0. The highest BCUT2D eigenvalue weighted by molar-refractivity contribution is 5.48. The number of hydrogen-bond donors (Lipinski definition) is 0. The molecule has 0 aromatic carbocycles. The van der Waals surface area contributed by atoms with Crippen molar-refractivity contribution in [3.63, 3.8) is 0 Å². The first-order valence-electron chi connectivity index (χ1n) is 4.50. The Hall–Kier alpha value is -0.590. The van der Waals surface area contributed by atoms with Gasteiger partial charge >= 0.3 is 0 Å². The SMILES string of the molecule is CCC/C=C/CCCCC=O. The van der Waals surface area contributed by atoms with E-state index in [-0.39, 0.29) is 0 Å². The van der Waals surface area contributed by atoms with E-state index in [9.17, 15) is 4.79 Å². The molecule has 0 unspecified atom stereocenters. The van der Waals surface area contributed by atoms with Crippen molar-refractivity contribution in [3.05, 3.63) is 12.2 Å². The third-order valence-corrected chi connectivity index (χ3v) is 1.56. The number of aldehydes is 1. The third kappa shape index (κ3) is 9.41. The lowest BCUT2D eigenvalue weighted by atomic mass is 10.2. The van der Waals surface area contributed by atoms with Gasteiger partial charge in [-0.25, -0.2) is 0 Å². The molecule has 0 aromatic rings. The second-order valence-electron chi connectivity index (χ2n) is 2.71. The molecule has 0 heterocycles. The van der Waals surface area contributed by atoms with Gasteiger partial charge < -0.3 is 4.79 Å². The summed E-state index contributed by atoms with van der Waals surface area (Å²) in [6.45, 7) is 2.18. The van der Waals surface area contributed by atoms with Crippen molar-refractivity contribution < 1.29 is 4.79 Å². The van der Waals surface area contributed by atoms with Crippen LogP contribution in [0, 0.1) is 0 Å². The molecule has 1 nitrogen and oxygen atoms in total. The Labute approximate surface area is 69.5 Å². The maximum atomic E-state index is 9.92. The first-order valence-corrected chi connectivity index (χ1v) is 4.50. The normalized spacial score (nSPS) is 10.6. The van der Waals surface area contributed by atoms with Gasteiger partial charge in [0.05, 0.1) is 0 Å². The van der Waals surface area contributed by atoms with E-state index in [4.69, 9.17) is 0 Å². The summed E-state index contributed by atoms with van der Waals surface area (Å²) in [5, 5.41) is 0. The van der Waals surface area contributed by atoms with E-state index in [0.29, 0.717) is 0 Å². The van der Waals surface area contributed by atoms with Gasteiger partial charge in [-0.15, -0.1) is 0 Å². The van der Waals surface area contributed by atoms with Crippen LogP contribution in [-0.2, 0) is 4.79 Å². The minimum atomic E-state index is 0.724. The zero-order valence-electron chi connectivity index (χ0n) is 7.38. The van der Waals surface area contributed by atoms with Gasteiger partial charge in [-0.05, 0) is 25.7 Å². The summed E-state index contributed by atoms with van der Waals surface area (Å²) in [4.78, 5) is 9.92. The number of rotatable bonds is 7. The van der Waals surface area contributed by atoms with Crippen LogP contribution >= 0.6 is 0 Å². The van der Waals surface area contributed by atoms with E-state index in [1.54, 1.807) is 0 Å². The summed E-state index contributed by atoms with van der Waals surface area (Å²) in [6.07, 6.45) is 11.9. The summed E-state index contributed by atoms with van der Waals surface area (Å²) in [6, 6.07) is 0. The highest BCUT2D eigenvalue weighted by Gasteiger charge is 1.83. The Morgan fingerprint density at radius 1 is 1.00 bits per heavy atom. The molecule has 0 fully saturated rings. The van der Waals surface area contributed by atoms with Crippen molar-refractivity contribution >= 4 is 6.29 Å². The van der Waals surface area contributed by atoms with Crippen LogP contribution < -0.4 is 0 Å². The van der Waals surface area contributed by atoms with Crippen LogP contribution in [0.3, 0.4) is 0 Å². The maximum Gasteiger partial charge on any atom is 0.119 e. The van der Waals surface area contributed by atoms with Gasteiger partial charge in [0.15, 0.2) is 0 Å². The molecule has 0 amide bonds. The van der Waals surface area contributed by atoms with Gasteiger partial charge in [-0.2, -0.15) is 0 Å². The molecule has 0 aliphatic rings. The summed E-state index contributed by atoms with van der Waals surface area (Å²) in [5.74, 6) is 0. The number of carbonyl (C=O) groups excluding carboxylic acids is 1. The van der Waals surface area contributed by atoms with Gasteiger partial charge in [-0.3, -0.25) is 0 Å². The highest BCUT2D eigenvalue weighted by atomic mass is 16.1. The van der Waals surface area contributed by atoms with Crippen LogP contribution in [0.25, 0.3) is 0 Å². The Balaban J connectivity index is 2.94. The fourth-order valence-electron chi connectivity index (χ4n) is 0.892. The quantitative estimate of drug-likeness (QED) is 0.313. The lowest BCUT2D eigenvalue weighted by molar-refractivity contribution is -0.107. The number of allylic oxidation sites excluding steroid dienone is 2.